The average molecular weight is 311 g/mol. The van der Waals surface area contributed by atoms with Crippen molar-refractivity contribution < 1.29 is 9.53 Å². The van der Waals surface area contributed by atoms with Crippen LogP contribution in [0.2, 0.25) is 0 Å². The van der Waals surface area contributed by atoms with Crippen molar-refractivity contribution in [3.05, 3.63) is 54.2 Å². The van der Waals surface area contributed by atoms with Crippen molar-refractivity contribution in [2.24, 2.45) is 5.73 Å². The van der Waals surface area contributed by atoms with Crippen LogP contribution in [0.3, 0.4) is 0 Å². The lowest BCUT2D eigenvalue weighted by molar-refractivity contribution is 0.0616. The number of pyridine rings is 1. The topological polar surface area (TPSA) is 77.2 Å². The Morgan fingerprint density at radius 2 is 2.04 bits per heavy atom. The van der Waals surface area contributed by atoms with Gasteiger partial charge in [0.1, 0.15) is 6.10 Å². The molecule has 1 fully saturated rings. The Balaban J connectivity index is 1.75. The largest absolute Gasteiger partial charge is 0.445 e. The number of nitrogens with one attached hydrogen (secondary N) is 1. The van der Waals surface area contributed by atoms with Gasteiger partial charge in [-0.15, -0.1) is 0 Å². The van der Waals surface area contributed by atoms with Gasteiger partial charge in [0.25, 0.3) is 0 Å². The molecule has 5 heteroatoms. The molecule has 0 bridgehead atoms. The molecule has 0 radical (unpaired) electrons. The maximum atomic E-state index is 11.1. The van der Waals surface area contributed by atoms with Gasteiger partial charge in [-0.05, 0) is 31.5 Å². The molecule has 5 nitrogen and oxygen atoms in total. The number of nitrogens with zero attached hydrogens (tertiary/aromatic N) is 1. The third-order valence-electron chi connectivity index (χ3n) is 4.09. The lowest BCUT2D eigenvalue weighted by Gasteiger charge is -2.31. The normalized spacial score (nSPS) is 20.9. The van der Waals surface area contributed by atoms with E-state index in [0.717, 1.165) is 36.3 Å². The number of piperidine rings is 1. The first-order chi connectivity index (χ1) is 11.2. The van der Waals surface area contributed by atoms with E-state index >= 15 is 0 Å². The minimum atomic E-state index is -0.713. The molecule has 2 heterocycles. The predicted molar refractivity (Wildman–Crippen MR) is 88.9 cm³/mol. The van der Waals surface area contributed by atoms with Gasteiger partial charge in [0, 0.05) is 23.7 Å². The minimum Gasteiger partial charge on any atom is -0.445 e. The van der Waals surface area contributed by atoms with Gasteiger partial charge in [-0.1, -0.05) is 36.4 Å². The third-order valence-corrected chi connectivity index (χ3v) is 4.09. The fourth-order valence-corrected chi connectivity index (χ4v) is 3.01. The van der Waals surface area contributed by atoms with Crippen LogP contribution in [0.5, 0.6) is 0 Å². The predicted octanol–water partition coefficient (Wildman–Crippen LogP) is 2.51. The standard InChI is InChI=1S/C18H21N3O2/c19-18(22)23-17-10-5-11-20-16(17)12-14-8-4-9-15(21-14)13-6-2-1-3-7-13/h1-4,6-9,16-17,20H,5,10-12H2,(H2,19,22)/t16-,17-/m1/s1. The van der Waals surface area contributed by atoms with Gasteiger partial charge >= 0.3 is 6.09 Å². The molecule has 1 amide bonds. The zero-order valence-electron chi connectivity index (χ0n) is 12.9. The zero-order valence-corrected chi connectivity index (χ0v) is 12.9. The molecule has 3 rings (SSSR count). The van der Waals surface area contributed by atoms with E-state index in [4.69, 9.17) is 15.5 Å². The summed E-state index contributed by atoms with van der Waals surface area (Å²) in [6.07, 6.45) is 1.61. The molecule has 2 atom stereocenters. The highest BCUT2D eigenvalue weighted by atomic mass is 16.6. The second-order valence-electron chi connectivity index (χ2n) is 5.76. The number of nitrogens with two attached hydrogens (primary N) is 1. The van der Waals surface area contributed by atoms with Gasteiger partial charge in [0.2, 0.25) is 0 Å². The van der Waals surface area contributed by atoms with Crippen LogP contribution in [-0.4, -0.2) is 29.8 Å². The SMILES string of the molecule is NC(=O)O[C@@H]1CCCN[C@@H]1Cc1cccc(-c2ccccc2)n1. The van der Waals surface area contributed by atoms with Crippen molar-refractivity contribution in [3.8, 4) is 11.3 Å². The summed E-state index contributed by atoms with van der Waals surface area (Å²) < 4.78 is 5.24. The van der Waals surface area contributed by atoms with Crippen molar-refractivity contribution in [1.82, 2.24) is 10.3 Å². The first-order valence-corrected chi connectivity index (χ1v) is 7.93. The zero-order chi connectivity index (χ0) is 16.1. The maximum Gasteiger partial charge on any atom is 0.404 e. The summed E-state index contributed by atoms with van der Waals surface area (Å²) in [5.41, 5.74) is 8.19. The Kier molecular flexibility index (Phi) is 4.88. The number of hydrogen-bond donors (Lipinski definition) is 2. The van der Waals surface area contributed by atoms with Crippen LogP contribution in [0.25, 0.3) is 11.3 Å². The molecule has 23 heavy (non-hydrogen) atoms. The molecule has 0 spiro atoms. The van der Waals surface area contributed by atoms with Gasteiger partial charge in [0.15, 0.2) is 0 Å². The van der Waals surface area contributed by atoms with E-state index in [9.17, 15) is 4.79 Å². The van der Waals surface area contributed by atoms with Crippen LogP contribution in [0.15, 0.2) is 48.5 Å². The number of carbonyl (C=O) groups excluding carboxylic acids is 1. The monoisotopic (exact) mass is 311 g/mol. The molecule has 120 valence electrons. The molecule has 2 aromatic rings. The van der Waals surface area contributed by atoms with Crippen molar-refractivity contribution in [2.75, 3.05) is 6.54 Å². The number of hydrogen-bond acceptors (Lipinski definition) is 4. The van der Waals surface area contributed by atoms with Gasteiger partial charge in [-0.3, -0.25) is 4.98 Å². The van der Waals surface area contributed by atoms with Crippen LogP contribution >= 0.6 is 0 Å². The molecular weight excluding hydrogens is 290 g/mol. The second kappa shape index (κ2) is 7.24. The lowest BCUT2D eigenvalue weighted by atomic mass is 9.96. The Morgan fingerprint density at radius 1 is 1.22 bits per heavy atom. The Labute approximate surface area is 135 Å². The van der Waals surface area contributed by atoms with Crippen molar-refractivity contribution in [3.63, 3.8) is 0 Å². The molecule has 0 saturated carbocycles. The summed E-state index contributed by atoms with van der Waals surface area (Å²) in [5, 5.41) is 3.41. The van der Waals surface area contributed by atoms with Gasteiger partial charge in [-0.2, -0.15) is 0 Å². The van der Waals surface area contributed by atoms with Crippen molar-refractivity contribution in [2.45, 2.75) is 31.4 Å². The Morgan fingerprint density at radius 3 is 2.83 bits per heavy atom. The minimum absolute atomic E-state index is 0.0507. The van der Waals surface area contributed by atoms with Gasteiger partial charge in [0.05, 0.1) is 5.69 Å². The van der Waals surface area contributed by atoms with Crippen LogP contribution in [0.1, 0.15) is 18.5 Å². The molecule has 3 N–H and O–H groups in total. The van der Waals surface area contributed by atoms with E-state index in [-0.39, 0.29) is 12.1 Å². The second-order valence-corrected chi connectivity index (χ2v) is 5.76. The Hall–Kier alpha value is -2.40. The van der Waals surface area contributed by atoms with E-state index in [2.05, 4.69) is 5.32 Å². The van der Waals surface area contributed by atoms with E-state index in [1.807, 2.05) is 48.5 Å². The Bertz CT molecular complexity index is 660. The highest BCUT2D eigenvalue weighted by molar-refractivity contribution is 5.65. The molecule has 1 aliphatic rings. The number of amides is 1. The summed E-state index contributed by atoms with van der Waals surface area (Å²) in [6, 6.07) is 16.2. The quantitative estimate of drug-likeness (QED) is 0.909. The summed E-state index contributed by atoms with van der Waals surface area (Å²) in [4.78, 5) is 15.8. The van der Waals surface area contributed by atoms with E-state index in [1.165, 1.54) is 0 Å². The number of benzene rings is 1. The molecule has 1 aliphatic heterocycles. The fourth-order valence-electron chi connectivity index (χ4n) is 3.01. The molecule has 1 saturated heterocycles. The van der Waals surface area contributed by atoms with Crippen LogP contribution in [0, 0.1) is 0 Å². The summed E-state index contributed by atoms with van der Waals surface area (Å²) in [5.74, 6) is 0. The average Bonchev–Trinajstić information content (AvgIpc) is 2.57. The molecule has 1 aromatic carbocycles. The summed E-state index contributed by atoms with van der Waals surface area (Å²) in [6.45, 7) is 0.918. The molecule has 0 aliphatic carbocycles. The van der Waals surface area contributed by atoms with Crippen molar-refractivity contribution in [1.29, 1.82) is 0 Å². The van der Waals surface area contributed by atoms with E-state index < -0.39 is 6.09 Å². The van der Waals surface area contributed by atoms with Crippen LogP contribution in [0.4, 0.5) is 4.79 Å². The number of aromatic nitrogens is 1. The molecule has 1 aromatic heterocycles. The number of ether oxygens (including phenoxy) is 1. The first-order valence-electron chi connectivity index (χ1n) is 7.93. The lowest BCUT2D eigenvalue weighted by Crippen LogP contribution is -2.48. The third kappa shape index (κ3) is 4.07. The number of carbonyl (C=O) groups is 1. The molecule has 0 unspecified atom stereocenters. The van der Waals surface area contributed by atoms with Crippen molar-refractivity contribution >= 4 is 6.09 Å². The summed E-state index contributed by atoms with van der Waals surface area (Å²) >= 11 is 0. The van der Waals surface area contributed by atoms with Gasteiger partial charge in [-0.25, -0.2) is 4.79 Å². The number of rotatable bonds is 4. The smallest absolute Gasteiger partial charge is 0.404 e. The van der Waals surface area contributed by atoms with Crippen LogP contribution in [-0.2, 0) is 11.2 Å². The van der Waals surface area contributed by atoms with Crippen LogP contribution < -0.4 is 11.1 Å². The maximum absolute atomic E-state index is 11.1. The fraction of sp³-hybridized carbons (Fsp3) is 0.333. The number of primary amides is 1. The van der Waals surface area contributed by atoms with E-state index in [1.54, 1.807) is 0 Å². The van der Waals surface area contributed by atoms with Gasteiger partial charge < -0.3 is 15.8 Å². The summed E-state index contributed by atoms with van der Waals surface area (Å²) in [7, 11) is 0. The highest BCUT2D eigenvalue weighted by Crippen LogP contribution is 2.20. The first kappa shape index (κ1) is 15.5. The highest BCUT2D eigenvalue weighted by Gasteiger charge is 2.28. The van der Waals surface area contributed by atoms with E-state index in [0.29, 0.717) is 6.42 Å². The molecular formula is C18H21N3O2.